The molecule has 0 saturated heterocycles. The first-order chi connectivity index (χ1) is 14.7. The van der Waals surface area contributed by atoms with E-state index in [9.17, 15) is 4.79 Å². The summed E-state index contributed by atoms with van der Waals surface area (Å²) in [7, 11) is 0. The van der Waals surface area contributed by atoms with Gasteiger partial charge in [0.1, 0.15) is 18.1 Å². The van der Waals surface area contributed by atoms with Crippen LogP contribution in [0.4, 0.5) is 5.69 Å². The molecule has 4 nitrogen and oxygen atoms in total. The van der Waals surface area contributed by atoms with Crippen molar-refractivity contribution in [1.29, 1.82) is 0 Å². The van der Waals surface area contributed by atoms with Gasteiger partial charge in [0.15, 0.2) is 5.76 Å². The van der Waals surface area contributed by atoms with Gasteiger partial charge in [-0.1, -0.05) is 59.8 Å². The second-order valence-electron chi connectivity index (χ2n) is 6.38. The topological polar surface area (TPSA) is 51.5 Å². The molecule has 0 unspecified atom stereocenters. The number of anilines is 1. The molecule has 30 heavy (non-hydrogen) atoms. The number of ether oxygens (including phenoxy) is 1. The molecule has 3 aromatic carbocycles. The standard InChI is InChI=1S/C24H18ClNO3S/c25-17-7-6-8-18(15-17)28-16-19-13-14-22(29-19)24(27)26-21-11-4-5-12-23(21)30-20-9-2-1-3-10-20/h1-15H,16H2,(H,26,27). The van der Waals surface area contributed by atoms with E-state index >= 15 is 0 Å². The molecule has 1 aromatic heterocycles. The highest BCUT2D eigenvalue weighted by atomic mass is 35.5. The predicted octanol–water partition coefficient (Wildman–Crippen LogP) is 6.92. The summed E-state index contributed by atoms with van der Waals surface area (Å²) in [6.07, 6.45) is 0. The summed E-state index contributed by atoms with van der Waals surface area (Å²) in [6, 6.07) is 28.2. The van der Waals surface area contributed by atoms with Crippen LogP contribution in [0.15, 0.2) is 105 Å². The minimum atomic E-state index is -0.315. The van der Waals surface area contributed by atoms with E-state index in [2.05, 4.69) is 5.32 Å². The molecule has 1 N–H and O–H groups in total. The first kappa shape index (κ1) is 20.1. The molecular formula is C24H18ClNO3S. The van der Waals surface area contributed by atoms with Crippen LogP contribution >= 0.6 is 23.4 Å². The molecular weight excluding hydrogens is 418 g/mol. The molecule has 0 aliphatic heterocycles. The number of nitrogens with one attached hydrogen (secondary N) is 1. The van der Waals surface area contributed by atoms with Crippen molar-refractivity contribution in [3.05, 3.63) is 108 Å². The lowest BCUT2D eigenvalue weighted by Gasteiger charge is -2.10. The zero-order valence-electron chi connectivity index (χ0n) is 15.9. The lowest BCUT2D eigenvalue weighted by atomic mass is 10.3. The Labute approximate surface area is 183 Å². The normalized spacial score (nSPS) is 10.6. The molecule has 0 spiro atoms. The van der Waals surface area contributed by atoms with Crippen molar-refractivity contribution in [2.75, 3.05) is 5.32 Å². The van der Waals surface area contributed by atoms with E-state index in [4.69, 9.17) is 20.8 Å². The summed E-state index contributed by atoms with van der Waals surface area (Å²) in [4.78, 5) is 14.7. The fourth-order valence-corrected chi connectivity index (χ4v) is 3.85. The van der Waals surface area contributed by atoms with Gasteiger partial charge in [0.25, 0.3) is 5.91 Å². The van der Waals surface area contributed by atoms with Gasteiger partial charge in [-0.2, -0.15) is 0 Å². The van der Waals surface area contributed by atoms with E-state index in [0.29, 0.717) is 16.5 Å². The smallest absolute Gasteiger partial charge is 0.291 e. The summed E-state index contributed by atoms with van der Waals surface area (Å²) >= 11 is 7.54. The first-order valence-electron chi connectivity index (χ1n) is 9.28. The van der Waals surface area contributed by atoms with Crippen LogP contribution in [0, 0.1) is 0 Å². The van der Waals surface area contributed by atoms with Gasteiger partial charge < -0.3 is 14.5 Å². The molecule has 0 radical (unpaired) electrons. The van der Waals surface area contributed by atoms with E-state index in [1.54, 1.807) is 36.0 Å². The molecule has 1 amide bonds. The maximum atomic E-state index is 12.7. The van der Waals surface area contributed by atoms with Crippen molar-refractivity contribution in [1.82, 2.24) is 0 Å². The second kappa shape index (κ2) is 9.57. The van der Waals surface area contributed by atoms with Gasteiger partial charge in [-0.15, -0.1) is 0 Å². The van der Waals surface area contributed by atoms with Crippen molar-refractivity contribution >= 4 is 35.0 Å². The maximum absolute atomic E-state index is 12.7. The van der Waals surface area contributed by atoms with E-state index in [-0.39, 0.29) is 18.3 Å². The molecule has 0 atom stereocenters. The first-order valence-corrected chi connectivity index (χ1v) is 10.5. The van der Waals surface area contributed by atoms with Crippen molar-refractivity contribution in [3.63, 3.8) is 0 Å². The van der Waals surface area contributed by atoms with E-state index < -0.39 is 0 Å². The predicted molar refractivity (Wildman–Crippen MR) is 119 cm³/mol. The van der Waals surface area contributed by atoms with Crippen LogP contribution in [0.25, 0.3) is 0 Å². The number of carbonyl (C=O) groups excluding carboxylic acids is 1. The average Bonchev–Trinajstić information content (AvgIpc) is 3.24. The van der Waals surface area contributed by atoms with Gasteiger partial charge in [-0.3, -0.25) is 4.79 Å². The average molecular weight is 436 g/mol. The Bertz CT molecular complexity index is 1140. The Kier molecular flexibility index (Phi) is 6.42. The highest BCUT2D eigenvalue weighted by molar-refractivity contribution is 7.99. The van der Waals surface area contributed by atoms with Gasteiger partial charge in [-0.25, -0.2) is 0 Å². The number of benzene rings is 3. The lowest BCUT2D eigenvalue weighted by Crippen LogP contribution is -2.11. The second-order valence-corrected chi connectivity index (χ2v) is 7.93. The van der Waals surface area contributed by atoms with Crippen LogP contribution < -0.4 is 10.1 Å². The molecule has 0 saturated carbocycles. The molecule has 150 valence electrons. The van der Waals surface area contributed by atoms with Crippen molar-refractivity contribution < 1.29 is 13.9 Å². The molecule has 4 rings (SSSR count). The fourth-order valence-electron chi connectivity index (χ4n) is 2.75. The monoisotopic (exact) mass is 435 g/mol. The van der Waals surface area contributed by atoms with Crippen LogP contribution in [0.5, 0.6) is 5.75 Å². The number of amides is 1. The number of para-hydroxylation sites is 1. The summed E-state index contributed by atoms with van der Waals surface area (Å²) in [5.74, 6) is 1.09. The summed E-state index contributed by atoms with van der Waals surface area (Å²) in [5, 5.41) is 3.53. The fraction of sp³-hybridized carbons (Fsp3) is 0.0417. The lowest BCUT2D eigenvalue weighted by molar-refractivity contribution is 0.0992. The van der Waals surface area contributed by atoms with Crippen LogP contribution in [0.3, 0.4) is 0 Å². The molecule has 6 heteroatoms. The minimum absolute atomic E-state index is 0.202. The number of hydrogen-bond donors (Lipinski definition) is 1. The van der Waals surface area contributed by atoms with Crippen LogP contribution in [-0.2, 0) is 6.61 Å². The van der Waals surface area contributed by atoms with Crippen LogP contribution in [0.2, 0.25) is 5.02 Å². The zero-order chi connectivity index (χ0) is 20.8. The van der Waals surface area contributed by atoms with Crippen molar-refractivity contribution in [2.45, 2.75) is 16.4 Å². The molecule has 1 heterocycles. The van der Waals surface area contributed by atoms with Gasteiger partial charge in [0.2, 0.25) is 0 Å². The maximum Gasteiger partial charge on any atom is 0.291 e. The third-order valence-corrected chi connectivity index (χ3v) is 5.49. The number of furan rings is 1. The molecule has 0 aliphatic rings. The highest BCUT2D eigenvalue weighted by Gasteiger charge is 2.14. The summed E-state index contributed by atoms with van der Waals surface area (Å²) < 4.78 is 11.3. The summed E-state index contributed by atoms with van der Waals surface area (Å²) in [5.41, 5.74) is 0.726. The molecule has 0 fully saturated rings. The van der Waals surface area contributed by atoms with Gasteiger partial charge in [0, 0.05) is 14.8 Å². The Hall–Kier alpha value is -3.15. The van der Waals surface area contributed by atoms with Crippen LogP contribution in [-0.4, -0.2) is 5.91 Å². The van der Waals surface area contributed by atoms with Crippen molar-refractivity contribution in [3.8, 4) is 5.75 Å². The number of hydrogen-bond acceptors (Lipinski definition) is 4. The number of rotatable bonds is 7. The molecule has 0 aliphatic carbocycles. The highest BCUT2D eigenvalue weighted by Crippen LogP contribution is 2.33. The molecule has 4 aromatic rings. The number of halogens is 1. The van der Waals surface area contributed by atoms with Crippen molar-refractivity contribution in [2.24, 2.45) is 0 Å². The van der Waals surface area contributed by atoms with Gasteiger partial charge >= 0.3 is 0 Å². The quantitative estimate of drug-likeness (QED) is 0.342. The largest absolute Gasteiger partial charge is 0.486 e. The summed E-state index contributed by atoms with van der Waals surface area (Å²) in [6.45, 7) is 0.202. The third-order valence-electron chi connectivity index (χ3n) is 4.17. The Morgan fingerprint density at radius 1 is 0.933 bits per heavy atom. The van der Waals surface area contributed by atoms with Gasteiger partial charge in [-0.05, 0) is 54.6 Å². The Morgan fingerprint density at radius 3 is 2.57 bits per heavy atom. The Balaban J connectivity index is 1.41. The zero-order valence-corrected chi connectivity index (χ0v) is 17.5. The minimum Gasteiger partial charge on any atom is -0.486 e. The third kappa shape index (κ3) is 5.26. The van der Waals surface area contributed by atoms with E-state index in [1.165, 1.54) is 0 Å². The van der Waals surface area contributed by atoms with Crippen LogP contribution in [0.1, 0.15) is 16.3 Å². The Morgan fingerprint density at radius 2 is 1.73 bits per heavy atom. The van der Waals surface area contributed by atoms with E-state index in [1.807, 2.05) is 66.7 Å². The SMILES string of the molecule is O=C(Nc1ccccc1Sc1ccccc1)c1ccc(COc2cccc(Cl)c2)o1. The molecule has 0 bridgehead atoms. The number of carbonyl (C=O) groups is 1. The van der Waals surface area contributed by atoms with Gasteiger partial charge in [0.05, 0.1) is 5.69 Å². The van der Waals surface area contributed by atoms with E-state index in [0.717, 1.165) is 15.5 Å².